The highest BCUT2D eigenvalue weighted by Gasteiger charge is 2.03. The SMILES string of the molecule is CC.CC(=O)CNC(=O)CCC(C)C.CCN. The van der Waals surface area contributed by atoms with E-state index in [9.17, 15) is 9.59 Å². The van der Waals surface area contributed by atoms with Crippen LogP contribution in [-0.4, -0.2) is 24.8 Å². The Labute approximate surface area is 106 Å². The minimum Gasteiger partial charge on any atom is -0.349 e. The van der Waals surface area contributed by atoms with Crippen LogP contribution >= 0.6 is 0 Å². The second-order valence-electron chi connectivity index (χ2n) is 3.82. The summed E-state index contributed by atoms with van der Waals surface area (Å²) in [7, 11) is 0. The van der Waals surface area contributed by atoms with Gasteiger partial charge in [-0.1, -0.05) is 34.6 Å². The number of nitrogens with two attached hydrogens (primary N) is 1. The summed E-state index contributed by atoms with van der Waals surface area (Å²) in [5.41, 5.74) is 4.85. The first kappa shape index (κ1) is 21.4. The predicted octanol–water partition coefficient (Wildman–Crippen LogP) is 2.12. The molecule has 0 fully saturated rings. The molecule has 0 unspecified atom stereocenters. The Bertz CT molecular complexity index is 180. The zero-order valence-corrected chi connectivity index (χ0v) is 12.3. The van der Waals surface area contributed by atoms with Crippen LogP contribution in [0.3, 0.4) is 0 Å². The van der Waals surface area contributed by atoms with Crippen LogP contribution in [0.15, 0.2) is 0 Å². The molecule has 0 aliphatic rings. The van der Waals surface area contributed by atoms with Gasteiger partial charge in [-0.3, -0.25) is 9.59 Å². The van der Waals surface area contributed by atoms with Crippen molar-refractivity contribution in [2.75, 3.05) is 13.1 Å². The zero-order chi connectivity index (χ0) is 14.3. The van der Waals surface area contributed by atoms with Crippen molar-refractivity contribution in [3.63, 3.8) is 0 Å². The average molecular weight is 246 g/mol. The van der Waals surface area contributed by atoms with E-state index in [1.807, 2.05) is 20.8 Å². The molecule has 0 saturated carbocycles. The highest BCUT2D eigenvalue weighted by Crippen LogP contribution is 2.02. The monoisotopic (exact) mass is 246 g/mol. The Morgan fingerprint density at radius 3 is 1.94 bits per heavy atom. The largest absolute Gasteiger partial charge is 0.349 e. The molecule has 0 aliphatic heterocycles. The van der Waals surface area contributed by atoms with E-state index in [0.717, 1.165) is 13.0 Å². The van der Waals surface area contributed by atoms with Crippen LogP contribution < -0.4 is 11.1 Å². The molecule has 4 nitrogen and oxygen atoms in total. The molecule has 0 radical (unpaired) electrons. The van der Waals surface area contributed by atoms with E-state index in [1.165, 1.54) is 6.92 Å². The zero-order valence-electron chi connectivity index (χ0n) is 12.3. The topological polar surface area (TPSA) is 72.2 Å². The van der Waals surface area contributed by atoms with Crippen molar-refractivity contribution in [2.24, 2.45) is 11.7 Å². The van der Waals surface area contributed by atoms with E-state index >= 15 is 0 Å². The first-order valence-electron chi connectivity index (χ1n) is 6.40. The maximum absolute atomic E-state index is 11.0. The van der Waals surface area contributed by atoms with Crippen LogP contribution in [0.1, 0.15) is 54.4 Å². The number of carbonyl (C=O) groups is 2. The lowest BCUT2D eigenvalue weighted by Crippen LogP contribution is -2.28. The molecule has 3 N–H and O–H groups in total. The smallest absolute Gasteiger partial charge is 0.220 e. The lowest BCUT2D eigenvalue weighted by molar-refractivity contribution is -0.124. The van der Waals surface area contributed by atoms with Crippen LogP contribution in [0.25, 0.3) is 0 Å². The first-order chi connectivity index (χ1) is 7.93. The van der Waals surface area contributed by atoms with Gasteiger partial charge in [-0.05, 0) is 25.8 Å². The molecule has 4 heteroatoms. The van der Waals surface area contributed by atoms with E-state index in [2.05, 4.69) is 19.2 Å². The minimum absolute atomic E-state index is 0.00658. The Morgan fingerprint density at radius 1 is 1.24 bits per heavy atom. The summed E-state index contributed by atoms with van der Waals surface area (Å²) in [5, 5.41) is 2.55. The van der Waals surface area contributed by atoms with Crippen molar-refractivity contribution in [3.8, 4) is 0 Å². The maximum atomic E-state index is 11.0. The molecular weight excluding hydrogens is 216 g/mol. The van der Waals surface area contributed by atoms with Gasteiger partial charge < -0.3 is 11.1 Å². The molecule has 0 rings (SSSR count). The molecule has 104 valence electrons. The van der Waals surface area contributed by atoms with Gasteiger partial charge in [0, 0.05) is 6.42 Å². The number of rotatable bonds is 5. The summed E-state index contributed by atoms with van der Waals surface area (Å²) in [6.45, 7) is 12.4. The molecule has 0 aromatic carbocycles. The quantitative estimate of drug-likeness (QED) is 0.780. The van der Waals surface area contributed by atoms with Crippen molar-refractivity contribution in [2.45, 2.75) is 54.4 Å². The van der Waals surface area contributed by atoms with E-state index in [-0.39, 0.29) is 18.2 Å². The number of amides is 1. The van der Waals surface area contributed by atoms with Gasteiger partial charge in [-0.25, -0.2) is 0 Å². The second-order valence-corrected chi connectivity index (χ2v) is 3.82. The second kappa shape index (κ2) is 17.5. The molecule has 1 amide bonds. The Kier molecular flexibility index (Phi) is 22.0. The number of hydrogen-bond donors (Lipinski definition) is 2. The van der Waals surface area contributed by atoms with Crippen molar-refractivity contribution in [1.82, 2.24) is 5.32 Å². The molecule has 0 saturated heterocycles. The van der Waals surface area contributed by atoms with Crippen LogP contribution in [0.2, 0.25) is 0 Å². The Balaban J connectivity index is -0.000000337. The van der Waals surface area contributed by atoms with Crippen LogP contribution in [0.5, 0.6) is 0 Å². The summed E-state index contributed by atoms with van der Waals surface area (Å²) in [6, 6.07) is 0. The number of nitrogens with one attached hydrogen (secondary N) is 1. The first-order valence-corrected chi connectivity index (χ1v) is 6.40. The third-order valence-electron chi connectivity index (χ3n) is 1.48. The fourth-order valence-electron chi connectivity index (χ4n) is 0.731. The molecule has 0 spiro atoms. The van der Waals surface area contributed by atoms with Crippen LogP contribution in [0, 0.1) is 5.92 Å². The third kappa shape index (κ3) is 31.3. The summed E-state index contributed by atoms with van der Waals surface area (Å²) in [5.74, 6) is 0.500. The lowest BCUT2D eigenvalue weighted by atomic mass is 10.1. The minimum atomic E-state index is -0.0288. The fourth-order valence-corrected chi connectivity index (χ4v) is 0.731. The number of Topliss-reactive ketones (excluding diaryl/α,β-unsaturated/α-hetero) is 1. The van der Waals surface area contributed by atoms with Gasteiger partial charge in [0.1, 0.15) is 5.78 Å². The molecule has 0 bridgehead atoms. The van der Waals surface area contributed by atoms with Gasteiger partial charge in [0.2, 0.25) is 5.91 Å². The van der Waals surface area contributed by atoms with Gasteiger partial charge in [0.15, 0.2) is 0 Å². The highest BCUT2D eigenvalue weighted by atomic mass is 16.2. The average Bonchev–Trinajstić information content (AvgIpc) is 2.27. The molecule has 17 heavy (non-hydrogen) atoms. The van der Waals surface area contributed by atoms with Gasteiger partial charge in [0.05, 0.1) is 6.54 Å². The van der Waals surface area contributed by atoms with Crippen molar-refractivity contribution >= 4 is 11.7 Å². The summed E-state index contributed by atoms with van der Waals surface area (Å²) in [4.78, 5) is 21.5. The Hall–Kier alpha value is -0.900. The predicted molar refractivity (Wildman–Crippen MR) is 73.8 cm³/mol. The molecule has 0 aliphatic carbocycles. The molecular formula is C13H30N2O2. The van der Waals surface area contributed by atoms with Gasteiger partial charge in [-0.2, -0.15) is 0 Å². The highest BCUT2D eigenvalue weighted by molar-refractivity contribution is 5.84. The van der Waals surface area contributed by atoms with Crippen LogP contribution in [-0.2, 0) is 9.59 Å². The van der Waals surface area contributed by atoms with E-state index < -0.39 is 0 Å². The van der Waals surface area contributed by atoms with Crippen molar-refractivity contribution in [3.05, 3.63) is 0 Å². The molecule has 0 aromatic rings. The van der Waals surface area contributed by atoms with E-state index in [1.54, 1.807) is 0 Å². The lowest BCUT2D eigenvalue weighted by Gasteiger charge is -2.04. The molecule has 0 heterocycles. The molecule has 0 atom stereocenters. The summed E-state index contributed by atoms with van der Waals surface area (Å²) in [6.07, 6.45) is 1.40. The van der Waals surface area contributed by atoms with E-state index in [0.29, 0.717) is 12.3 Å². The Morgan fingerprint density at radius 2 is 1.65 bits per heavy atom. The van der Waals surface area contributed by atoms with Crippen molar-refractivity contribution < 1.29 is 9.59 Å². The van der Waals surface area contributed by atoms with Gasteiger partial charge >= 0.3 is 0 Å². The summed E-state index contributed by atoms with van der Waals surface area (Å²) < 4.78 is 0. The van der Waals surface area contributed by atoms with E-state index in [4.69, 9.17) is 5.73 Å². The maximum Gasteiger partial charge on any atom is 0.220 e. The fraction of sp³-hybridized carbons (Fsp3) is 0.846. The number of carbonyl (C=O) groups excluding carboxylic acids is 2. The normalized spacial score (nSPS) is 8.47. The number of hydrogen-bond acceptors (Lipinski definition) is 3. The standard InChI is InChI=1S/C9H17NO2.C2H7N.C2H6/c1-7(2)4-5-9(12)10-6-8(3)11;1-2-3;1-2/h7H,4-6H2,1-3H3,(H,10,12);2-3H2,1H3;1-2H3. The number of ketones is 1. The van der Waals surface area contributed by atoms with Gasteiger partial charge in [0.25, 0.3) is 0 Å². The van der Waals surface area contributed by atoms with Gasteiger partial charge in [-0.15, -0.1) is 0 Å². The van der Waals surface area contributed by atoms with Crippen molar-refractivity contribution in [1.29, 1.82) is 0 Å². The summed E-state index contributed by atoms with van der Waals surface area (Å²) >= 11 is 0. The van der Waals surface area contributed by atoms with Crippen LogP contribution in [0.4, 0.5) is 0 Å². The third-order valence-corrected chi connectivity index (χ3v) is 1.48. The molecule has 0 aromatic heterocycles.